The highest BCUT2D eigenvalue weighted by Crippen LogP contribution is 2.22. The Morgan fingerprint density at radius 2 is 2.00 bits per heavy atom. The summed E-state index contributed by atoms with van der Waals surface area (Å²) >= 11 is 5.80. The zero-order valence-electron chi connectivity index (χ0n) is 12.7. The van der Waals surface area contributed by atoms with Crippen molar-refractivity contribution < 1.29 is 19.1 Å². The van der Waals surface area contributed by atoms with Crippen molar-refractivity contribution in [2.45, 2.75) is 19.4 Å². The van der Waals surface area contributed by atoms with Crippen LogP contribution in [-0.2, 0) is 15.2 Å². The molecule has 6 nitrogen and oxygen atoms in total. The number of aryl methyl sites for hydroxylation is 1. The van der Waals surface area contributed by atoms with E-state index >= 15 is 0 Å². The summed E-state index contributed by atoms with van der Waals surface area (Å²) in [6, 6.07) is 9.76. The van der Waals surface area contributed by atoms with Gasteiger partial charge in [0.1, 0.15) is 17.1 Å². The molecule has 2 aromatic rings. The summed E-state index contributed by atoms with van der Waals surface area (Å²) in [6.45, 7) is 3.07. The summed E-state index contributed by atoms with van der Waals surface area (Å²) in [5.41, 5.74) is -1.01. The molecule has 7 heteroatoms. The highest BCUT2D eigenvalue weighted by molar-refractivity contribution is 6.39. The summed E-state index contributed by atoms with van der Waals surface area (Å²) < 4.78 is 5.33. The molecular formula is C16H17ClN2O4. The zero-order valence-corrected chi connectivity index (χ0v) is 13.5. The first-order chi connectivity index (χ1) is 10.8. The molecule has 1 aromatic carbocycles. The predicted octanol–water partition coefficient (Wildman–Crippen LogP) is 2.20. The van der Waals surface area contributed by atoms with Crippen LogP contribution in [0.5, 0.6) is 0 Å². The van der Waals surface area contributed by atoms with Gasteiger partial charge < -0.3 is 20.2 Å². The number of nitrogens with one attached hydrogen (secondary N) is 2. The van der Waals surface area contributed by atoms with E-state index in [1.807, 2.05) is 0 Å². The van der Waals surface area contributed by atoms with E-state index in [2.05, 4.69) is 10.6 Å². The van der Waals surface area contributed by atoms with Crippen molar-refractivity contribution in [1.82, 2.24) is 5.32 Å². The Bertz CT molecular complexity index is 724. The molecule has 0 saturated heterocycles. The van der Waals surface area contributed by atoms with Crippen molar-refractivity contribution in [1.29, 1.82) is 0 Å². The lowest BCUT2D eigenvalue weighted by Gasteiger charge is -2.21. The van der Waals surface area contributed by atoms with E-state index in [9.17, 15) is 14.7 Å². The number of amides is 2. The van der Waals surface area contributed by atoms with Crippen LogP contribution in [0.1, 0.15) is 18.4 Å². The Labute approximate surface area is 138 Å². The molecule has 23 heavy (non-hydrogen) atoms. The maximum absolute atomic E-state index is 11.8. The van der Waals surface area contributed by atoms with Gasteiger partial charge in [0, 0.05) is 10.7 Å². The molecule has 2 amide bonds. The minimum atomic E-state index is -1.42. The van der Waals surface area contributed by atoms with E-state index in [1.165, 1.54) is 13.0 Å². The lowest BCUT2D eigenvalue weighted by atomic mass is 10.0. The molecule has 1 aromatic heterocycles. The first-order valence-electron chi connectivity index (χ1n) is 6.92. The van der Waals surface area contributed by atoms with Crippen LogP contribution in [0.2, 0.25) is 5.02 Å². The SMILES string of the molecule is Cc1ccc(C(C)(O)CNC(=O)C(=O)Nc2cccc(Cl)c2)o1. The third-order valence-corrected chi connectivity index (χ3v) is 3.39. The summed E-state index contributed by atoms with van der Waals surface area (Å²) in [5, 5.41) is 15.5. The molecule has 1 atom stereocenters. The van der Waals surface area contributed by atoms with E-state index < -0.39 is 17.4 Å². The third-order valence-electron chi connectivity index (χ3n) is 3.15. The quantitative estimate of drug-likeness (QED) is 0.746. The maximum Gasteiger partial charge on any atom is 0.313 e. The van der Waals surface area contributed by atoms with Crippen LogP contribution in [-0.4, -0.2) is 23.5 Å². The van der Waals surface area contributed by atoms with Crippen LogP contribution >= 0.6 is 11.6 Å². The topological polar surface area (TPSA) is 91.6 Å². The Hall–Kier alpha value is -2.31. The molecule has 0 bridgehead atoms. The van der Waals surface area contributed by atoms with Crippen LogP contribution in [0, 0.1) is 6.92 Å². The Morgan fingerprint density at radius 3 is 2.61 bits per heavy atom. The number of benzene rings is 1. The second-order valence-electron chi connectivity index (χ2n) is 5.33. The first kappa shape index (κ1) is 17.1. The van der Waals surface area contributed by atoms with Crippen LogP contribution in [0.4, 0.5) is 5.69 Å². The number of hydrogen-bond acceptors (Lipinski definition) is 4. The van der Waals surface area contributed by atoms with E-state index in [1.54, 1.807) is 37.3 Å². The van der Waals surface area contributed by atoms with E-state index in [0.717, 1.165) is 0 Å². The summed E-state index contributed by atoms with van der Waals surface area (Å²) in [7, 11) is 0. The van der Waals surface area contributed by atoms with Crippen LogP contribution in [0.3, 0.4) is 0 Å². The van der Waals surface area contributed by atoms with Gasteiger partial charge in [-0.2, -0.15) is 0 Å². The molecule has 122 valence electrons. The number of anilines is 1. The highest BCUT2D eigenvalue weighted by atomic mass is 35.5. The van der Waals surface area contributed by atoms with Gasteiger partial charge in [0.05, 0.1) is 6.54 Å². The van der Waals surface area contributed by atoms with Crippen LogP contribution in [0.25, 0.3) is 0 Å². The van der Waals surface area contributed by atoms with Gasteiger partial charge in [-0.3, -0.25) is 9.59 Å². The standard InChI is InChI=1S/C16H17ClN2O4/c1-10-6-7-13(23-10)16(2,22)9-18-14(20)15(21)19-12-5-3-4-11(17)8-12/h3-8,22H,9H2,1-2H3,(H,18,20)(H,19,21). The van der Waals surface area contributed by atoms with Gasteiger partial charge in [-0.25, -0.2) is 0 Å². The minimum absolute atomic E-state index is 0.165. The van der Waals surface area contributed by atoms with E-state index in [4.69, 9.17) is 16.0 Å². The fourth-order valence-electron chi connectivity index (χ4n) is 1.90. The average molecular weight is 337 g/mol. The van der Waals surface area contributed by atoms with E-state index in [-0.39, 0.29) is 6.54 Å². The van der Waals surface area contributed by atoms with Gasteiger partial charge in [-0.15, -0.1) is 0 Å². The molecule has 1 unspecified atom stereocenters. The number of rotatable bonds is 4. The van der Waals surface area contributed by atoms with Gasteiger partial charge >= 0.3 is 11.8 Å². The fraction of sp³-hybridized carbons (Fsp3) is 0.250. The molecular weight excluding hydrogens is 320 g/mol. The number of furan rings is 1. The van der Waals surface area contributed by atoms with Gasteiger partial charge in [0.15, 0.2) is 0 Å². The van der Waals surface area contributed by atoms with Gasteiger partial charge in [0.25, 0.3) is 0 Å². The first-order valence-corrected chi connectivity index (χ1v) is 7.30. The normalized spacial score (nSPS) is 13.2. The van der Waals surface area contributed by atoms with Crippen molar-refractivity contribution in [2.24, 2.45) is 0 Å². The Kier molecular flexibility index (Phi) is 5.08. The van der Waals surface area contributed by atoms with Gasteiger partial charge in [-0.05, 0) is 44.2 Å². The predicted molar refractivity (Wildman–Crippen MR) is 86.1 cm³/mol. The number of aliphatic hydroxyl groups is 1. The third kappa shape index (κ3) is 4.58. The van der Waals surface area contributed by atoms with Gasteiger partial charge in [-0.1, -0.05) is 17.7 Å². The lowest BCUT2D eigenvalue weighted by molar-refractivity contribution is -0.136. The summed E-state index contributed by atoms with van der Waals surface area (Å²) in [4.78, 5) is 23.6. The Morgan fingerprint density at radius 1 is 1.26 bits per heavy atom. The lowest BCUT2D eigenvalue weighted by Crippen LogP contribution is -2.43. The largest absolute Gasteiger partial charge is 0.463 e. The zero-order chi connectivity index (χ0) is 17.0. The molecule has 0 spiro atoms. The molecule has 0 aliphatic carbocycles. The Balaban J connectivity index is 1.92. The van der Waals surface area contributed by atoms with E-state index in [0.29, 0.717) is 22.2 Å². The molecule has 0 radical (unpaired) electrons. The van der Waals surface area contributed by atoms with Gasteiger partial charge in [0.2, 0.25) is 0 Å². The van der Waals surface area contributed by atoms with Crippen molar-refractivity contribution in [3.05, 3.63) is 52.9 Å². The molecule has 0 saturated carbocycles. The number of halogens is 1. The van der Waals surface area contributed by atoms with Crippen molar-refractivity contribution >= 4 is 29.1 Å². The molecule has 3 N–H and O–H groups in total. The molecule has 0 aliphatic rings. The van der Waals surface area contributed by atoms with Crippen LogP contribution < -0.4 is 10.6 Å². The monoisotopic (exact) mass is 336 g/mol. The summed E-state index contributed by atoms with van der Waals surface area (Å²) in [6.07, 6.45) is 0. The molecule has 1 heterocycles. The average Bonchev–Trinajstić information content (AvgIpc) is 2.92. The molecule has 0 aliphatic heterocycles. The number of hydrogen-bond donors (Lipinski definition) is 3. The van der Waals surface area contributed by atoms with Crippen molar-refractivity contribution in [2.75, 3.05) is 11.9 Å². The molecule has 2 rings (SSSR count). The number of carbonyl (C=O) groups is 2. The second kappa shape index (κ2) is 6.85. The van der Waals surface area contributed by atoms with Crippen molar-refractivity contribution in [3.8, 4) is 0 Å². The molecule has 0 fully saturated rings. The van der Waals surface area contributed by atoms with Crippen molar-refractivity contribution in [3.63, 3.8) is 0 Å². The smallest absolute Gasteiger partial charge is 0.313 e. The summed E-state index contributed by atoms with van der Waals surface area (Å²) in [5.74, 6) is -0.761. The minimum Gasteiger partial charge on any atom is -0.463 e. The number of carbonyl (C=O) groups excluding carboxylic acids is 2. The second-order valence-corrected chi connectivity index (χ2v) is 5.77. The van der Waals surface area contributed by atoms with Crippen LogP contribution in [0.15, 0.2) is 40.8 Å². The highest BCUT2D eigenvalue weighted by Gasteiger charge is 2.28. The fourth-order valence-corrected chi connectivity index (χ4v) is 2.09. The maximum atomic E-state index is 11.8.